The first kappa shape index (κ1) is 22.0. The molecule has 2 fully saturated rings. The van der Waals surface area contributed by atoms with E-state index in [2.05, 4.69) is 24.0 Å². The van der Waals surface area contributed by atoms with Gasteiger partial charge in [-0.25, -0.2) is 9.78 Å². The average molecular weight is 462 g/mol. The SMILES string of the molecule is CC1COCC(=O)N1c1ccc(N2CCN(c3cccc(-c4nncn4C(C)C)n3)C2=O)cc1. The molecule has 0 saturated carbocycles. The maximum absolute atomic E-state index is 13.3. The topological polar surface area (TPSA) is 96.7 Å². The first-order chi connectivity index (χ1) is 16.4. The zero-order chi connectivity index (χ0) is 23.8. The molecule has 10 nitrogen and oxygen atoms in total. The summed E-state index contributed by atoms with van der Waals surface area (Å²) in [7, 11) is 0. The molecule has 2 aromatic heterocycles. The molecular weight excluding hydrogens is 434 g/mol. The third-order valence-electron chi connectivity index (χ3n) is 6.11. The van der Waals surface area contributed by atoms with Gasteiger partial charge in [-0.15, -0.1) is 10.2 Å². The molecule has 3 aromatic rings. The van der Waals surface area contributed by atoms with Crippen LogP contribution in [0.2, 0.25) is 0 Å². The second-order valence-electron chi connectivity index (χ2n) is 8.77. The lowest BCUT2D eigenvalue weighted by Crippen LogP contribution is -2.48. The van der Waals surface area contributed by atoms with E-state index in [0.29, 0.717) is 37.0 Å². The minimum atomic E-state index is -0.140. The summed E-state index contributed by atoms with van der Waals surface area (Å²) >= 11 is 0. The lowest BCUT2D eigenvalue weighted by atomic mass is 10.2. The summed E-state index contributed by atoms with van der Waals surface area (Å²) in [6.07, 6.45) is 1.69. The van der Waals surface area contributed by atoms with Crippen molar-refractivity contribution in [3.63, 3.8) is 0 Å². The smallest absolute Gasteiger partial charge is 0.330 e. The molecule has 1 atom stereocenters. The van der Waals surface area contributed by atoms with Crippen LogP contribution in [0.5, 0.6) is 0 Å². The van der Waals surface area contributed by atoms with Crippen LogP contribution in [0.4, 0.5) is 22.0 Å². The molecule has 176 valence electrons. The minimum absolute atomic E-state index is 0.0316. The van der Waals surface area contributed by atoms with E-state index < -0.39 is 0 Å². The first-order valence-electron chi connectivity index (χ1n) is 11.4. The van der Waals surface area contributed by atoms with Gasteiger partial charge in [-0.3, -0.25) is 14.6 Å². The number of nitrogens with zero attached hydrogens (tertiary/aromatic N) is 7. The molecule has 0 N–H and O–H groups in total. The summed E-state index contributed by atoms with van der Waals surface area (Å²) < 4.78 is 7.25. The van der Waals surface area contributed by atoms with Crippen LogP contribution in [-0.4, -0.2) is 64.0 Å². The predicted octanol–water partition coefficient (Wildman–Crippen LogP) is 3.12. The summed E-state index contributed by atoms with van der Waals surface area (Å²) in [4.78, 5) is 35.4. The molecule has 10 heteroatoms. The lowest BCUT2D eigenvalue weighted by Gasteiger charge is -2.33. The van der Waals surface area contributed by atoms with Crippen molar-refractivity contribution in [1.29, 1.82) is 0 Å². The molecule has 2 aliphatic heterocycles. The van der Waals surface area contributed by atoms with E-state index in [1.807, 2.05) is 54.0 Å². The summed E-state index contributed by atoms with van der Waals surface area (Å²) in [5.41, 5.74) is 2.25. The van der Waals surface area contributed by atoms with Crippen molar-refractivity contribution in [2.24, 2.45) is 0 Å². The number of pyridine rings is 1. The van der Waals surface area contributed by atoms with Gasteiger partial charge in [0.05, 0.1) is 12.6 Å². The van der Waals surface area contributed by atoms with Crippen molar-refractivity contribution in [3.8, 4) is 11.5 Å². The Morgan fingerprint density at radius 1 is 1.00 bits per heavy atom. The van der Waals surface area contributed by atoms with Crippen LogP contribution in [0, 0.1) is 0 Å². The van der Waals surface area contributed by atoms with E-state index in [9.17, 15) is 9.59 Å². The van der Waals surface area contributed by atoms with Crippen molar-refractivity contribution in [3.05, 3.63) is 48.8 Å². The molecule has 0 spiro atoms. The number of aromatic nitrogens is 4. The fraction of sp³-hybridized carbons (Fsp3) is 0.375. The molecular formula is C24H27N7O3. The summed E-state index contributed by atoms with van der Waals surface area (Å²) in [5, 5.41) is 8.23. The van der Waals surface area contributed by atoms with Crippen molar-refractivity contribution >= 4 is 29.1 Å². The maximum Gasteiger partial charge on any atom is 0.330 e. The minimum Gasteiger partial charge on any atom is -0.369 e. The standard InChI is InChI=1S/C24H27N7O3/c1-16(2)30-15-25-27-23(30)20-5-4-6-21(26-20)29-12-11-28(24(29)33)18-7-9-19(10-8-18)31-17(3)13-34-14-22(31)32/h4-10,15-17H,11-14H2,1-3H3. The maximum atomic E-state index is 13.3. The Kier molecular flexibility index (Phi) is 5.74. The van der Waals surface area contributed by atoms with Crippen LogP contribution in [0.3, 0.4) is 0 Å². The van der Waals surface area contributed by atoms with Gasteiger partial charge in [-0.2, -0.15) is 0 Å². The monoisotopic (exact) mass is 461 g/mol. The molecule has 0 radical (unpaired) electrons. The molecule has 5 rings (SSSR count). The molecule has 4 heterocycles. The van der Waals surface area contributed by atoms with Crippen molar-refractivity contribution in [2.75, 3.05) is 41.0 Å². The molecule has 2 aliphatic rings. The Morgan fingerprint density at radius 3 is 2.47 bits per heavy atom. The molecule has 1 aromatic carbocycles. The molecule has 0 aliphatic carbocycles. The van der Waals surface area contributed by atoms with Crippen molar-refractivity contribution in [1.82, 2.24) is 19.7 Å². The Morgan fingerprint density at radius 2 is 1.74 bits per heavy atom. The van der Waals surface area contributed by atoms with Gasteiger partial charge in [0.2, 0.25) is 0 Å². The number of urea groups is 1. The highest BCUT2D eigenvalue weighted by molar-refractivity contribution is 6.06. The lowest BCUT2D eigenvalue weighted by molar-refractivity contribution is -0.127. The van der Waals surface area contributed by atoms with E-state index in [1.165, 1.54) is 0 Å². The van der Waals surface area contributed by atoms with Gasteiger partial charge in [0.25, 0.3) is 5.91 Å². The van der Waals surface area contributed by atoms with Gasteiger partial charge in [-0.05, 0) is 57.2 Å². The molecule has 0 bridgehead atoms. The van der Waals surface area contributed by atoms with Crippen molar-refractivity contribution < 1.29 is 14.3 Å². The molecule has 1 unspecified atom stereocenters. The van der Waals surface area contributed by atoms with Gasteiger partial charge < -0.3 is 14.2 Å². The number of ether oxygens (including phenoxy) is 1. The van der Waals surface area contributed by atoms with Crippen LogP contribution in [0.15, 0.2) is 48.8 Å². The van der Waals surface area contributed by atoms with Crippen LogP contribution < -0.4 is 14.7 Å². The van der Waals surface area contributed by atoms with Crippen molar-refractivity contribution in [2.45, 2.75) is 32.9 Å². The van der Waals surface area contributed by atoms with Crippen LogP contribution in [0.25, 0.3) is 11.5 Å². The number of benzene rings is 1. The second kappa shape index (κ2) is 8.86. The highest BCUT2D eigenvalue weighted by Gasteiger charge is 2.32. The largest absolute Gasteiger partial charge is 0.369 e. The van der Waals surface area contributed by atoms with Crippen LogP contribution >= 0.6 is 0 Å². The van der Waals surface area contributed by atoms with Gasteiger partial charge in [0.15, 0.2) is 5.82 Å². The van der Waals surface area contributed by atoms with Crippen LogP contribution in [0.1, 0.15) is 26.8 Å². The quantitative estimate of drug-likeness (QED) is 0.579. The zero-order valence-corrected chi connectivity index (χ0v) is 19.5. The van der Waals surface area contributed by atoms with Gasteiger partial charge in [-0.1, -0.05) is 6.07 Å². The average Bonchev–Trinajstić information content (AvgIpc) is 3.47. The second-order valence-corrected chi connectivity index (χ2v) is 8.77. The van der Waals surface area contributed by atoms with E-state index in [0.717, 1.165) is 11.4 Å². The third kappa shape index (κ3) is 3.90. The van der Waals surface area contributed by atoms with Gasteiger partial charge >= 0.3 is 6.03 Å². The van der Waals surface area contributed by atoms with Gasteiger partial charge in [0.1, 0.15) is 24.4 Å². The van der Waals surface area contributed by atoms with E-state index in [-0.39, 0.29) is 30.6 Å². The number of amides is 3. The fourth-order valence-corrected chi connectivity index (χ4v) is 4.39. The van der Waals surface area contributed by atoms with Gasteiger partial charge in [0, 0.05) is 30.5 Å². The Balaban J connectivity index is 1.35. The number of rotatable bonds is 5. The zero-order valence-electron chi connectivity index (χ0n) is 19.5. The number of carbonyl (C=O) groups excluding carboxylic acids is 2. The number of anilines is 3. The molecule has 3 amide bonds. The number of morpholine rings is 1. The summed E-state index contributed by atoms with van der Waals surface area (Å²) in [6.45, 7) is 7.72. The van der Waals surface area contributed by atoms with Crippen LogP contribution in [-0.2, 0) is 9.53 Å². The van der Waals surface area contributed by atoms with E-state index >= 15 is 0 Å². The van der Waals surface area contributed by atoms with E-state index in [1.54, 1.807) is 21.0 Å². The molecule has 2 saturated heterocycles. The highest BCUT2D eigenvalue weighted by Crippen LogP contribution is 2.29. The fourth-order valence-electron chi connectivity index (χ4n) is 4.39. The summed E-state index contributed by atoms with van der Waals surface area (Å²) in [5.74, 6) is 1.18. The van der Waals surface area contributed by atoms with E-state index in [4.69, 9.17) is 9.72 Å². The first-order valence-corrected chi connectivity index (χ1v) is 11.4. The Bertz CT molecular complexity index is 1210. The number of hydrogen-bond acceptors (Lipinski definition) is 6. The highest BCUT2D eigenvalue weighted by atomic mass is 16.5. The Hall–Kier alpha value is -3.79. The Labute approximate surface area is 197 Å². The number of carbonyl (C=O) groups is 2. The predicted molar refractivity (Wildman–Crippen MR) is 128 cm³/mol. The number of hydrogen-bond donors (Lipinski definition) is 0. The molecule has 34 heavy (non-hydrogen) atoms. The third-order valence-corrected chi connectivity index (χ3v) is 6.11. The summed E-state index contributed by atoms with van der Waals surface area (Å²) in [6, 6.07) is 13.1. The normalized spacial score (nSPS) is 18.9.